The van der Waals surface area contributed by atoms with E-state index in [0.717, 1.165) is 22.3 Å². The molecule has 6 rings (SSSR count). The summed E-state index contributed by atoms with van der Waals surface area (Å²) < 4.78 is 13.7. The topological polar surface area (TPSA) is 93.7 Å². The Morgan fingerprint density at radius 3 is 2.44 bits per heavy atom. The predicted molar refractivity (Wildman–Crippen MR) is 189 cm³/mol. The van der Waals surface area contributed by atoms with Crippen molar-refractivity contribution in [3.63, 3.8) is 0 Å². The number of carbonyl (C=O) groups excluding carboxylic acids is 1. The normalized spacial score (nSPS) is 14.3. The number of nitrogens with zero attached hydrogens (tertiary/aromatic N) is 3. The lowest BCUT2D eigenvalue weighted by Crippen LogP contribution is -2.40. The zero-order chi connectivity index (χ0) is 33.8. The maximum Gasteiger partial charge on any atom is 0.338 e. The van der Waals surface area contributed by atoms with Crippen molar-refractivity contribution in [3.05, 3.63) is 161 Å². The van der Waals surface area contributed by atoms with Crippen LogP contribution in [0.15, 0.2) is 112 Å². The minimum atomic E-state index is -0.773. The first-order valence-corrected chi connectivity index (χ1v) is 16.8. The van der Waals surface area contributed by atoms with Crippen molar-refractivity contribution in [1.29, 1.82) is 5.26 Å². The van der Waals surface area contributed by atoms with E-state index in [-0.39, 0.29) is 18.8 Å². The van der Waals surface area contributed by atoms with Gasteiger partial charge >= 0.3 is 5.97 Å². The van der Waals surface area contributed by atoms with Gasteiger partial charge in [0, 0.05) is 16.1 Å². The number of aromatic nitrogens is 1. The molecule has 9 heteroatoms. The van der Waals surface area contributed by atoms with Gasteiger partial charge in [0.25, 0.3) is 5.56 Å². The Hall–Kier alpha value is -5.23. The van der Waals surface area contributed by atoms with Gasteiger partial charge in [-0.1, -0.05) is 104 Å². The summed E-state index contributed by atoms with van der Waals surface area (Å²) >= 11 is 7.66. The maximum absolute atomic E-state index is 14.4. The van der Waals surface area contributed by atoms with E-state index < -0.39 is 12.0 Å². The van der Waals surface area contributed by atoms with Crippen molar-refractivity contribution in [2.45, 2.75) is 39.3 Å². The highest BCUT2D eigenvalue weighted by atomic mass is 35.5. The van der Waals surface area contributed by atoms with Gasteiger partial charge in [0.15, 0.2) is 4.80 Å². The minimum Gasteiger partial charge on any atom is -0.488 e. The molecule has 0 spiro atoms. The van der Waals surface area contributed by atoms with Crippen LogP contribution < -0.4 is 19.6 Å². The van der Waals surface area contributed by atoms with E-state index >= 15 is 0 Å². The lowest BCUT2D eigenvalue weighted by atomic mass is 9.91. The first-order valence-electron chi connectivity index (χ1n) is 15.6. The summed E-state index contributed by atoms with van der Waals surface area (Å²) in [7, 11) is 0. The number of fused-ring (bicyclic) bond motifs is 1. The molecule has 1 aromatic heterocycles. The monoisotopic (exact) mass is 673 g/mol. The van der Waals surface area contributed by atoms with E-state index in [0.29, 0.717) is 48.4 Å². The van der Waals surface area contributed by atoms with Crippen LogP contribution in [0.2, 0.25) is 5.02 Å². The third-order valence-electron chi connectivity index (χ3n) is 8.03. The van der Waals surface area contributed by atoms with E-state index in [1.807, 2.05) is 66.7 Å². The largest absolute Gasteiger partial charge is 0.488 e. The van der Waals surface area contributed by atoms with Gasteiger partial charge in [-0.2, -0.15) is 5.26 Å². The summed E-state index contributed by atoms with van der Waals surface area (Å²) in [5.74, 6) is 0.320. The third-order valence-corrected chi connectivity index (χ3v) is 9.25. The zero-order valence-electron chi connectivity index (χ0n) is 26.6. The van der Waals surface area contributed by atoms with Crippen molar-refractivity contribution in [2.24, 2.45) is 4.99 Å². The highest BCUT2D eigenvalue weighted by Crippen LogP contribution is 2.36. The molecule has 2 heterocycles. The zero-order valence-corrected chi connectivity index (χ0v) is 28.2. The second kappa shape index (κ2) is 14.3. The van der Waals surface area contributed by atoms with Crippen LogP contribution in [0.5, 0.6) is 5.75 Å². The van der Waals surface area contributed by atoms with Crippen molar-refractivity contribution in [1.82, 2.24) is 4.57 Å². The lowest BCUT2D eigenvalue weighted by molar-refractivity contribution is -0.138. The quantitative estimate of drug-likeness (QED) is 0.155. The minimum absolute atomic E-state index is 0.174. The number of esters is 1. The Bertz CT molecular complexity index is 2230. The molecule has 0 amide bonds. The molecule has 240 valence electrons. The first kappa shape index (κ1) is 32.7. The molecule has 0 fully saturated rings. The molecule has 0 aliphatic carbocycles. The van der Waals surface area contributed by atoms with E-state index in [1.54, 1.807) is 47.9 Å². The smallest absolute Gasteiger partial charge is 0.338 e. The molecule has 1 atom stereocenters. The summed E-state index contributed by atoms with van der Waals surface area (Å²) in [5.41, 5.74) is 5.20. The maximum atomic E-state index is 14.4. The number of nitriles is 1. The van der Waals surface area contributed by atoms with Crippen molar-refractivity contribution in [3.8, 4) is 11.8 Å². The van der Waals surface area contributed by atoms with Crippen LogP contribution in [-0.4, -0.2) is 17.1 Å². The molecule has 0 unspecified atom stereocenters. The molecule has 0 saturated heterocycles. The van der Waals surface area contributed by atoms with Crippen LogP contribution in [0.3, 0.4) is 0 Å². The van der Waals surface area contributed by atoms with Crippen molar-refractivity contribution < 1.29 is 14.3 Å². The van der Waals surface area contributed by atoms with E-state index in [9.17, 15) is 9.59 Å². The first-order chi connectivity index (χ1) is 23.3. The summed E-state index contributed by atoms with van der Waals surface area (Å²) in [6, 6.07) is 31.2. The summed E-state index contributed by atoms with van der Waals surface area (Å²) in [6.07, 6.45) is 1.75. The Balaban J connectivity index is 1.52. The van der Waals surface area contributed by atoms with E-state index in [2.05, 4.69) is 19.9 Å². The molecule has 0 N–H and O–H groups in total. The molecule has 48 heavy (non-hydrogen) atoms. The van der Waals surface area contributed by atoms with Gasteiger partial charge in [-0.25, -0.2) is 9.79 Å². The number of hydrogen-bond acceptors (Lipinski definition) is 7. The molecule has 4 aromatic carbocycles. The standard InChI is InChI=1S/C39H32ClN3O4S/c1-4-46-38(45)34-35(28-8-6-5-7-9-28)42-39-43(36(34)29-16-14-27(15-17-29)24(2)3)37(44)33(48-39)21-30-20-31(40)18-19-32(30)47-23-26-12-10-25(22-41)11-13-26/h5-21,24,36H,4,23H2,1-3H3/b33-21-/t36-/m1/s1. The summed E-state index contributed by atoms with van der Waals surface area (Å²) in [6.45, 7) is 6.43. The molecule has 1 aliphatic heterocycles. The van der Waals surface area contributed by atoms with Crippen LogP contribution in [0.4, 0.5) is 0 Å². The average Bonchev–Trinajstić information content (AvgIpc) is 3.41. The molecule has 1 aliphatic rings. The second-order valence-corrected chi connectivity index (χ2v) is 13.0. The van der Waals surface area contributed by atoms with Gasteiger partial charge in [-0.15, -0.1) is 0 Å². The Morgan fingerprint density at radius 2 is 1.77 bits per heavy atom. The fourth-order valence-corrected chi connectivity index (χ4v) is 6.73. The number of hydrogen-bond donors (Lipinski definition) is 0. The van der Waals surface area contributed by atoms with Crippen LogP contribution in [0.1, 0.15) is 66.1 Å². The third kappa shape index (κ3) is 6.75. The van der Waals surface area contributed by atoms with Gasteiger partial charge in [-0.3, -0.25) is 9.36 Å². The van der Waals surface area contributed by atoms with Gasteiger partial charge in [0.2, 0.25) is 0 Å². The Labute approximate surface area is 287 Å². The average molecular weight is 674 g/mol. The van der Waals surface area contributed by atoms with E-state index in [4.69, 9.17) is 31.3 Å². The molecular formula is C39H32ClN3O4S. The van der Waals surface area contributed by atoms with Crippen LogP contribution in [-0.2, 0) is 16.1 Å². The fraction of sp³-hybridized carbons (Fsp3) is 0.179. The molecule has 7 nitrogen and oxygen atoms in total. The Morgan fingerprint density at radius 1 is 1.04 bits per heavy atom. The second-order valence-electron chi connectivity index (χ2n) is 11.5. The van der Waals surface area contributed by atoms with Crippen LogP contribution in [0, 0.1) is 11.3 Å². The Kier molecular flexibility index (Phi) is 9.72. The van der Waals surface area contributed by atoms with Crippen molar-refractivity contribution in [2.75, 3.05) is 6.61 Å². The number of halogens is 1. The lowest BCUT2D eigenvalue weighted by Gasteiger charge is -2.26. The van der Waals surface area contributed by atoms with E-state index in [1.165, 1.54) is 11.3 Å². The molecule has 0 saturated carbocycles. The molecular weight excluding hydrogens is 642 g/mol. The highest BCUT2D eigenvalue weighted by Gasteiger charge is 2.35. The van der Waals surface area contributed by atoms with Crippen LogP contribution in [0.25, 0.3) is 11.8 Å². The number of thiazole rings is 1. The summed E-state index contributed by atoms with van der Waals surface area (Å²) in [5, 5.41) is 9.60. The summed E-state index contributed by atoms with van der Waals surface area (Å²) in [4.78, 5) is 33.5. The number of benzene rings is 4. The number of ether oxygens (including phenoxy) is 2. The van der Waals surface area contributed by atoms with Crippen LogP contribution >= 0.6 is 22.9 Å². The highest BCUT2D eigenvalue weighted by molar-refractivity contribution is 7.07. The van der Waals surface area contributed by atoms with Crippen molar-refractivity contribution >= 4 is 40.7 Å². The molecule has 0 bridgehead atoms. The number of carbonyl (C=O) groups is 1. The fourth-order valence-electron chi connectivity index (χ4n) is 5.56. The van der Waals surface area contributed by atoms with Gasteiger partial charge in [0.05, 0.1) is 40.1 Å². The SMILES string of the molecule is CCOC(=O)C1=C(c2ccccc2)N=c2s/c(=C\c3cc(Cl)ccc3OCc3ccc(C#N)cc3)c(=O)n2[C@@H]1c1ccc(C(C)C)cc1. The van der Waals surface area contributed by atoms with Gasteiger partial charge < -0.3 is 9.47 Å². The van der Waals surface area contributed by atoms with Gasteiger partial charge in [0.1, 0.15) is 12.4 Å². The molecule has 0 radical (unpaired) electrons. The van der Waals surface area contributed by atoms with Gasteiger partial charge in [-0.05, 0) is 65.9 Å². The number of rotatable bonds is 9. The molecule has 5 aromatic rings. The predicted octanol–water partition coefficient (Wildman–Crippen LogP) is 7.16.